The van der Waals surface area contributed by atoms with E-state index >= 15 is 0 Å². The van der Waals surface area contributed by atoms with Crippen molar-refractivity contribution in [3.05, 3.63) is 54.1 Å². The molecule has 0 aliphatic carbocycles. The van der Waals surface area contributed by atoms with Crippen molar-refractivity contribution in [3.63, 3.8) is 0 Å². The number of para-hydroxylation sites is 2. The van der Waals surface area contributed by atoms with Gasteiger partial charge in [0.05, 0.1) is 5.69 Å². The molecule has 1 amide bonds. The molecule has 3 heteroatoms. The zero-order valence-corrected chi connectivity index (χ0v) is 11.0. The number of anilines is 2. The van der Waals surface area contributed by atoms with Crippen LogP contribution in [0.5, 0.6) is 5.75 Å². The Hall–Kier alpha value is -2.29. The van der Waals surface area contributed by atoms with Crippen LogP contribution in [-0.2, 0) is 4.79 Å². The van der Waals surface area contributed by atoms with E-state index in [1.165, 1.54) is 5.56 Å². The zero-order chi connectivity index (χ0) is 13.4. The van der Waals surface area contributed by atoms with Crippen LogP contribution in [0.1, 0.15) is 12.5 Å². The first-order valence-corrected chi connectivity index (χ1v) is 6.33. The molecule has 0 saturated carbocycles. The fourth-order valence-electron chi connectivity index (χ4n) is 2.24. The van der Waals surface area contributed by atoms with E-state index < -0.39 is 6.10 Å². The molecule has 0 saturated heterocycles. The van der Waals surface area contributed by atoms with Crippen LogP contribution in [0.2, 0.25) is 0 Å². The highest BCUT2D eigenvalue weighted by Crippen LogP contribution is 2.38. The van der Waals surface area contributed by atoms with Gasteiger partial charge >= 0.3 is 0 Å². The molecule has 0 N–H and O–H groups in total. The number of hydrogen-bond acceptors (Lipinski definition) is 2. The average Bonchev–Trinajstić information content (AvgIpc) is 2.42. The van der Waals surface area contributed by atoms with Gasteiger partial charge in [0.2, 0.25) is 0 Å². The molecule has 3 nitrogen and oxygen atoms in total. The first-order valence-electron chi connectivity index (χ1n) is 6.33. The Morgan fingerprint density at radius 1 is 1.05 bits per heavy atom. The summed E-state index contributed by atoms with van der Waals surface area (Å²) in [6, 6.07) is 15.5. The van der Waals surface area contributed by atoms with Gasteiger partial charge in [0.1, 0.15) is 5.75 Å². The zero-order valence-electron chi connectivity index (χ0n) is 11.0. The third kappa shape index (κ3) is 1.97. The van der Waals surface area contributed by atoms with Gasteiger partial charge in [-0.3, -0.25) is 9.69 Å². The van der Waals surface area contributed by atoms with Crippen LogP contribution in [0, 0.1) is 6.92 Å². The maximum atomic E-state index is 12.4. The first-order chi connectivity index (χ1) is 9.16. The second-order valence-corrected chi connectivity index (χ2v) is 4.74. The lowest BCUT2D eigenvalue weighted by atomic mass is 10.1. The molecule has 1 unspecified atom stereocenters. The van der Waals surface area contributed by atoms with E-state index in [9.17, 15) is 4.79 Å². The van der Waals surface area contributed by atoms with E-state index in [1.54, 1.807) is 11.8 Å². The number of carbonyl (C=O) groups excluding carboxylic acids is 1. The van der Waals surface area contributed by atoms with Crippen LogP contribution in [-0.4, -0.2) is 12.0 Å². The topological polar surface area (TPSA) is 29.5 Å². The number of amides is 1. The third-order valence-electron chi connectivity index (χ3n) is 3.27. The van der Waals surface area contributed by atoms with Crippen LogP contribution in [0.15, 0.2) is 48.5 Å². The minimum absolute atomic E-state index is 0.0393. The predicted octanol–water partition coefficient (Wildman–Crippen LogP) is 3.44. The first kappa shape index (κ1) is 11.8. The normalized spacial score (nSPS) is 17.9. The van der Waals surface area contributed by atoms with E-state index in [4.69, 9.17) is 4.74 Å². The summed E-state index contributed by atoms with van der Waals surface area (Å²) >= 11 is 0. The van der Waals surface area contributed by atoms with Crippen molar-refractivity contribution in [2.75, 3.05) is 4.90 Å². The summed E-state index contributed by atoms with van der Waals surface area (Å²) in [4.78, 5) is 14.1. The summed E-state index contributed by atoms with van der Waals surface area (Å²) < 4.78 is 5.63. The summed E-state index contributed by atoms with van der Waals surface area (Å²) in [5, 5.41) is 0. The molecule has 0 bridgehead atoms. The summed E-state index contributed by atoms with van der Waals surface area (Å²) in [6.45, 7) is 3.81. The van der Waals surface area contributed by atoms with E-state index in [1.807, 2.05) is 55.5 Å². The van der Waals surface area contributed by atoms with Crippen molar-refractivity contribution in [2.24, 2.45) is 0 Å². The van der Waals surface area contributed by atoms with Crippen LogP contribution < -0.4 is 9.64 Å². The van der Waals surface area contributed by atoms with Crippen molar-refractivity contribution < 1.29 is 9.53 Å². The SMILES string of the molecule is Cc1ccc(N2C(=O)C(C)Oc3ccccc32)cc1. The van der Waals surface area contributed by atoms with E-state index in [0.29, 0.717) is 0 Å². The second kappa shape index (κ2) is 4.43. The Bertz CT molecular complexity index is 619. The molecule has 1 aliphatic rings. The predicted molar refractivity (Wildman–Crippen MR) is 74.9 cm³/mol. The quantitative estimate of drug-likeness (QED) is 0.779. The molecule has 19 heavy (non-hydrogen) atoms. The van der Waals surface area contributed by atoms with Crippen molar-refractivity contribution in [1.29, 1.82) is 0 Å². The van der Waals surface area contributed by atoms with Crippen LogP contribution in [0.4, 0.5) is 11.4 Å². The lowest BCUT2D eigenvalue weighted by molar-refractivity contribution is -0.124. The lowest BCUT2D eigenvalue weighted by Gasteiger charge is -2.33. The molecule has 1 heterocycles. The van der Waals surface area contributed by atoms with Crippen molar-refractivity contribution in [1.82, 2.24) is 0 Å². The molecule has 1 atom stereocenters. The summed E-state index contributed by atoms with van der Waals surface area (Å²) in [6.07, 6.45) is -0.462. The Balaban J connectivity index is 2.13. The molecule has 2 aromatic rings. The van der Waals surface area contributed by atoms with Gasteiger partial charge in [-0.1, -0.05) is 29.8 Å². The third-order valence-corrected chi connectivity index (χ3v) is 3.27. The number of hydrogen-bond donors (Lipinski definition) is 0. The van der Waals surface area contributed by atoms with Gasteiger partial charge in [-0.25, -0.2) is 0 Å². The average molecular weight is 253 g/mol. The number of nitrogens with zero attached hydrogens (tertiary/aromatic N) is 1. The largest absolute Gasteiger partial charge is 0.479 e. The minimum Gasteiger partial charge on any atom is -0.479 e. The maximum Gasteiger partial charge on any atom is 0.272 e. The Labute approximate surface area is 112 Å². The van der Waals surface area contributed by atoms with Crippen molar-refractivity contribution >= 4 is 17.3 Å². The molecule has 0 radical (unpaired) electrons. The second-order valence-electron chi connectivity index (χ2n) is 4.74. The fraction of sp³-hybridized carbons (Fsp3) is 0.188. The molecule has 3 rings (SSSR count). The van der Waals surface area contributed by atoms with Gasteiger partial charge in [0, 0.05) is 5.69 Å². The molecule has 0 aromatic heterocycles. The summed E-state index contributed by atoms with van der Waals surface area (Å²) in [5.41, 5.74) is 2.85. The summed E-state index contributed by atoms with van der Waals surface area (Å²) in [5.74, 6) is 0.706. The Morgan fingerprint density at radius 3 is 2.47 bits per heavy atom. The molecule has 0 fully saturated rings. The number of rotatable bonds is 1. The van der Waals surface area contributed by atoms with Crippen molar-refractivity contribution in [3.8, 4) is 5.75 Å². The fourth-order valence-corrected chi connectivity index (χ4v) is 2.24. The highest BCUT2D eigenvalue weighted by atomic mass is 16.5. The lowest BCUT2D eigenvalue weighted by Crippen LogP contribution is -2.41. The Morgan fingerprint density at radius 2 is 1.74 bits per heavy atom. The van der Waals surface area contributed by atoms with E-state index in [0.717, 1.165) is 17.1 Å². The van der Waals surface area contributed by atoms with Crippen LogP contribution in [0.25, 0.3) is 0 Å². The van der Waals surface area contributed by atoms with Gasteiger partial charge in [-0.15, -0.1) is 0 Å². The standard InChI is InChI=1S/C16H15NO2/c1-11-7-9-13(10-8-11)17-14-5-3-4-6-15(14)19-12(2)16(17)18/h3-10,12H,1-2H3. The van der Waals surface area contributed by atoms with E-state index in [-0.39, 0.29) is 5.91 Å². The molecule has 2 aromatic carbocycles. The van der Waals surface area contributed by atoms with Gasteiger partial charge in [0.15, 0.2) is 6.10 Å². The van der Waals surface area contributed by atoms with Crippen LogP contribution >= 0.6 is 0 Å². The molecule has 1 aliphatic heterocycles. The minimum atomic E-state index is -0.462. The van der Waals surface area contributed by atoms with E-state index in [2.05, 4.69) is 0 Å². The number of benzene rings is 2. The number of fused-ring (bicyclic) bond motifs is 1. The van der Waals surface area contributed by atoms with Gasteiger partial charge in [-0.05, 0) is 38.1 Å². The molecule has 0 spiro atoms. The molecular formula is C16H15NO2. The Kier molecular flexibility index (Phi) is 2.75. The van der Waals surface area contributed by atoms with Crippen molar-refractivity contribution in [2.45, 2.75) is 20.0 Å². The monoisotopic (exact) mass is 253 g/mol. The highest BCUT2D eigenvalue weighted by Gasteiger charge is 2.32. The van der Waals surface area contributed by atoms with Gasteiger partial charge in [0.25, 0.3) is 5.91 Å². The maximum absolute atomic E-state index is 12.4. The summed E-state index contributed by atoms with van der Waals surface area (Å²) in [7, 11) is 0. The van der Waals surface area contributed by atoms with Gasteiger partial charge in [-0.2, -0.15) is 0 Å². The number of aryl methyl sites for hydroxylation is 1. The molecule has 96 valence electrons. The number of ether oxygens (including phenoxy) is 1. The van der Waals surface area contributed by atoms with Gasteiger partial charge < -0.3 is 4.74 Å². The molecular weight excluding hydrogens is 238 g/mol. The highest BCUT2D eigenvalue weighted by molar-refractivity contribution is 6.05. The number of carbonyl (C=O) groups is 1. The smallest absolute Gasteiger partial charge is 0.272 e. The van der Waals surface area contributed by atoms with Crippen LogP contribution in [0.3, 0.4) is 0 Å².